The summed E-state index contributed by atoms with van der Waals surface area (Å²) in [6, 6.07) is 3.86. The van der Waals surface area contributed by atoms with Crippen LogP contribution in [0.4, 0.5) is 10.5 Å². The summed E-state index contributed by atoms with van der Waals surface area (Å²) < 4.78 is 0. The number of hydrogen-bond donors (Lipinski definition) is 3. The molecule has 7 nitrogen and oxygen atoms in total. The number of nitrogens with zero attached hydrogens (tertiary/aromatic N) is 2. The Morgan fingerprint density at radius 1 is 1.48 bits per heavy atom. The number of hydrogen-bond acceptors (Lipinski definition) is 3. The topological polar surface area (TPSA) is 98.3 Å². The Labute approximate surface area is 125 Å². The molecule has 1 aromatic heterocycles. The summed E-state index contributed by atoms with van der Waals surface area (Å²) >= 11 is 5.84. The van der Waals surface area contributed by atoms with Crippen molar-refractivity contribution in [3.8, 4) is 0 Å². The number of amides is 2. The number of carbonyl (C=O) groups is 2. The summed E-state index contributed by atoms with van der Waals surface area (Å²) in [4.78, 5) is 31.2. The maximum atomic E-state index is 12.0. The van der Waals surface area contributed by atoms with Gasteiger partial charge in [0.1, 0.15) is 5.82 Å². The Hall–Kier alpha value is -2.54. The SMILES string of the molecule is CN(Cc1ncc[nH]1)C(=O)Nc1ccc(C(=O)O)c(Cl)c1. The summed E-state index contributed by atoms with van der Waals surface area (Å²) in [6.07, 6.45) is 3.27. The van der Waals surface area contributed by atoms with E-state index in [1.807, 2.05) is 0 Å². The van der Waals surface area contributed by atoms with Crippen molar-refractivity contribution in [1.29, 1.82) is 0 Å². The number of nitrogens with one attached hydrogen (secondary N) is 2. The number of urea groups is 1. The lowest BCUT2D eigenvalue weighted by atomic mass is 10.2. The second kappa shape index (κ2) is 6.27. The van der Waals surface area contributed by atoms with E-state index in [4.69, 9.17) is 16.7 Å². The molecular weight excluding hydrogens is 296 g/mol. The monoisotopic (exact) mass is 308 g/mol. The number of aromatic carboxylic acids is 1. The second-order valence-electron chi connectivity index (χ2n) is 4.32. The lowest BCUT2D eigenvalue weighted by molar-refractivity contribution is 0.0697. The number of anilines is 1. The summed E-state index contributed by atoms with van der Waals surface area (Å²) in [6.45, 7) is 0.319. The first kappa shape index (κ1) is 14.9. The van der Waals surface area contributed by atoms with E-state index in [-0.39, 0.29) is 16.6 Å². The van der Waals surface area contributed by atoms with Gasteiger partial charge in [-0.1, -0.05) is 11.6 Å². The van der Waals surface area contributed by atoms with Gasteiger partial charge in [0, 0.05) is 25.1 Å². The molecule has 0 saturated carbocycles. The van der Waals surface area contributed by atoms with Gasteiger partial charge in [-0.2, -0.15) is 0 Å². The van der Waals surface area contributed by atoms with Crippen LogP contribution in [0.3, 0.4) is 0 Å². The first-order valence-electron chi connectivity index (χ1n) is 6.00. The minimum atomic E-state index is -1.12. The van der Waals surface area contributed by atoms with Crippen LogP contribution in [0, 0.1) is 0 Å². The second-order valence-corrected chi connectivity index (χ2v) is 4.73. The van der Waals surface area contributed by atoms with Gasteiger partial charge in [-0.15, -0.1) is 0 Å². The molecule has 1 aromatic carbocycles. The molecule has 2 rings (SSSR count). The lowest BCUT2D eigenvalue weighted by Gasteiger charge is -2.17. The molecule has 0 bridgehead atoms. The molecule has 0 unspecified atom stereocenters. The van der Waals surface area contributed by atoms with Gasteiger partial charge in [0.2, 0.25) is 0 Å². The highest BCUT2D eigenvalue weighted by atomic mass is 35.5. The Kier molecular flexibility index (Phi) is 4.44. The molecule has 0 aliphatic heterocycles. The largest absolute Gasteiger partial charge is 0.478 e. The molecule has 3 N–H and O–H groups in total. The zero-order valence-electron chi connectivity index (χ0n) is 11.1. The van der Waals surface area contributed by atoms with Crippen molar-refractivity contribution in [2.24, 2.45) is 0 Å². The van der Waals surface area contributed by atoms with Gasteiger partial charge < -0.3 is 20.3 Å². The number of halogens is 1. The molecule has 0 spiro atoms. The average molecular weight is 309 g/mol. The van der Waals surface area contributed by atoms with Crippen LogP contribution in [0.15, 0.2) is 30.6 Å². The maximum absolute atomic E-state index is 12.0. The van der Waals surface area contributed by atoms with E-state index < -0.39 is 5.97 Å². The number of aromatic amines is 1. The molecule has 0 radical (unpaired) electrons. The molecule has 0 aliphatic carbocycles. The van der Waals surface area contributed by atoms with Crippen molar-refractivity contribution >= 4 is 29.3 Å². The van der Waals surface area contributed by atoms with Crippen LogP contribution in [0.2, 0.25) is 5.02 Å². The van der Waals surface area contributed by atoms with Crippen LogP contribution in [-0.2, 0) is 6.54 Å². The smallest absolute Gasteiger partial charge is 0.337 e. The number of rotatable bonds is 4. The molecule has 0 atom stereocenters. The van der Waals surface area contributed by atoms with Crippen LogP contribution in [0.1, 0.15) is 16.2 Å². The Morgan fingerprint density at radius 2 is 2.24 bits per heavy atom. The van der Waals surface area contributed by atoms with Crippen LogP contribution in [-0.4, -0.2) is 39.0 Å². The molecule has 8 heteroatoms. The number of carbonyl (C=O) groups excluding carboxylic acids is 1. The van der Waals surface area contributed by atoms with E-state index in [1.165, 1.54) is 23.1 Å². The zero-order valence-corrected chi connectivity index (χ0v) is 11.9. The van der Waals surface area contributed by atoms with E-state index in [9.17, 15) is 9.59 Å². The zero-order chi connectivity index (χ0) is 15.4. The van der Waals surface area contributed by atoms with Crippen LogP contribution >= 0.6 is 11.6 Å². The normalized spacial score (nSPS) is 10.2. The first-order valence-corrected chi connectivity index (χ1v) is 6.38. The summed E-state index contributed by atoms with van der Waals surface area (Å²) in [5.74, 6) is -0.459. The molecule has 21 heavy (non-hydrogen) atoms. The third-order valence-electron chi connectivity index (χ3n) is 2.74. The quantitative estimate of drug-likeness (QED) is 0.807. The number of aromatic nitrogens is 2. The van der Waals surface area contributed by atoms with Crippen molar-refractivity contribution < 1.29 is 14.7 Å². The van der Waals surface area contributed by atoms with Crippen molar-refractivity contribution in [2.75, 3.05) is 12.4 Å². The lowest BCUT2D eigenvalue weighted by Crippen LogP contribution is -2.31. The average Bonchev–Trinajstić information content (AvgIpc) is 2.91. The number of carboxylic acids is 1. The van der Waals surface area contributed by atoms with E-state index in [2.05, 4.69) is 15.3 Å². The fourth-order valence-corrected chi connectivity index (χ4v) is 1.93. The molecule has 0 fully saturated rings. The molecule has 2 amide bonds. The highest BCUT2D eigenvalue weighted by Crippen LogP contribution is 2.21. The molecular formula is C13H13ClN4O3. The fraction of sp³-hybridized carbons (Fsp3) is 0.154. The molecule has 2 aromatic rings. The third-order valence-corrected chi connectivity index (χ3v) is 3.05. The predicted molar refractivity (Wildman–Crippen MR) is 77.5 cm³/mol. The standard InChI is InChI=1S/C13H13ClN4O3/c1-18(7-11-15-4-5-16-11)13(21)17-8-2-3-9(12(19)20)10(14)6-8/h2-6H,7H2,1H3,(H,15,16)(H,17,21)(H,19,20). The minimum Gasteiger partial charge on any atom is -0.478 e. The van der Waals surface area contributed by atoms with Gasteiger partial charge in [0.15, 0.2) is 0 Å². The maximum Gasteiger partial charge on any atom is 0.337 e. The Morgan fingerprint density at radius 3 is 2.81 bits per heavy atom. The molecule has 1 heterocycles. The summed E-state index contributed by atoms with van der Waals surface area (Å²) in [5.41, 5.74) is 0.403. The first-order chi connectivity index (χ1) is 9.97. The summed E-state index contributed by atoms with van der Waals surface area (Å²) in [7, 11) is 1.62. The van der Waals surface area contributed by atoms with Crippen molar-refractivity contribution in [2.45, 2.75) is 6.54 Å². The van der Waals surface area contributed by atoms with E-state index in [0.717, 1.165) is 0 Å². The van der Waals surface area contributed by atoms with Crippen LogP contribution < -0.4 is 5.32 Å². The minimum absolute atomic E-state index is 0.0152. The number of benzene rings is 1. The van der Waals surface area contributed by atoms with Gasteiger partial charge in [-0.05, 0) is 18.2 Å². The van der Waals surface area contributed by atoms with E-state index >= 15 is 0 Å². The number of imidazole rings is 1. The van der Waals surface area contributed by atoms with Crippen molar-refractivity contribution in [3.63, 3.8) is 0 Å². The Bertz CT molecular complexity index is 657. The molecule has 0 aliphatic rings. The Balaban J connectivity index is 2.02. The van der Waals surface area contributed by atoms with Crippen molar-refractivity contribution in [1.82, 2.24) is 14.9 Å². The number of H-pyrrole nitrogens is 1. The van der Waals surface area contributed by atoms with Crippen molar-refractivity contribution in [3.05, 3.63) is 47.0 Å². The van der Waals surface area contributed by atoms with E-state index in [1.54, 1.807) is 19.4 Å². The highest BCUT2D eigenvalue weighted by Gasteiger charge is 2.13. The fourth-order valence-electron chi connectivity index (χ4n) is 1.67. The number of carboxylic acid groups (broad SMARTS) is 1. The molecule has 110 valence electrons. The van der Waals surface area contributed by atoms with Crippen LogP contribution in [0.5, 0.6) is 0 Å². The predicted octanol–water partition coefficient (Wildman–Crippen LogP) is 2.43. The van der Waals surface area contributed by atoms with Gasteiger partial charge in [-0.25, -0.2) is 14.6 Å². The highest BCUT2D eigenvalue weighted by molar-refractivity contribution is 6.33. The summed E-state index contributed by atoms with van der Waals surface area (Å²) in [5, 5.41) is 11.6. The van der Waals surface area contributed by atoms with Gasteiger partial charge in [-0.3, -0.25) is 0 Å². The molecule has 0 saturated heterocycles. The van der Waals surface area contributed by atoms with Crippen LogP contribution in [0.25, 0.3) is 0 Å². The van der Waals surface area contributed by atoms with Gasteiger partial charge in [0.25, 0.3) is 0 Å². The van der Waals surface area contributed by atoms with Gasteiger partial charge >= 0.3 is 12.0 Å². The van der Waals surface area contributed by atoms with Gasteiger partial charge in [0.05, 0.1) is 17.1 Å². The third kappa shape index (κ3) is 3.73. The van der Waals surface area contributed by atoms with E-state index in [0.29, 0.717) is 18.1 Å².